The van der Waals surface area contributed by atoms with Gasteiger partial charge in [0.05, 0.1) is 0 Å². The number of nitrogens with two attached hydrogens (primary N) is 1. The van der Waals surface area contributed by atoms with E-state index < -0.39 is 25.3 Å². The van der Waals surface area contributed by atoms with Crippen molar-refractivity contribution in [1.29, 1.82) is 0 Å². The highest BCUT2D eigenvalue weighted by atomic mass is 16.3. The monoisotopic (exact) mass is 174 g/mol. The van der Waals surface area contributed by atoms with Gasteiger partial charge in [0.15, 0.2) is 0 Å². The van der Waals surface area contributed by atoms with E-state index in [-0.39, 0.29) is 0 Å². The molecule has 0 radical (unpaired) electrons. The SMILES string of the molecule is NC(=O)/C=C\C(=O)N(CO)CO. The van der Waals surface area contributed by atoms with Gasteiger partial charge in [-0.2, -0.15) is 0 Å². The highest BCUT2D eigenvalue weighted by Crippen LogP contribution is 1.87. The lowest BCUT2D eigenvalue weighted by atomic mass is 10.4. The normalized spacial score (nSPS) is 10.2. The average Bonchev–Trinajstić information content (AvgIpc) is 2.03. The van der Waals surface area contributed by atoms with E-state index in [9.17, 15) is 9.59 Å². The number of nitrogens with zero attached hydrogens (tertiary/aromatic N) is 1. The number of carbonyl (C=O) groups excluding carboxylic acids is 2. The van der Waals surface area contributed by atoms with Gasteiger partial charge in [0, 0.05) is 12.2 Å². The predicted octanol–water partition coefficient (Wildman–Crippen LogP) is -2.24. The first-order valence-electron chi connectivity index (χ1n) is 3.10. The summed E-state index contributed by atoms with van der Waals surface area (Å²) in [6.45, 7) is -1.23. The van der Waals surface area contributed by atoms with Crippen LogP contribution in [0.4, 0.5) is 0 Å². The minimum Gasteiger partial charge on any atom is -0.376 e. The fourth-order valence-electron chi connectivity index (χ4n) is 0.443. The molecule has 0 aromatic rings. The van der Waals surface area contributed by atoms with Gasteiger partial charge in [0.2, 0.25) is 11.8 Å². The van der Waals surface area contributed by atoms with Crippen LogP contribution in [-0.2, 0) is 9.59 Å². The molecule has 6 heteroatoms. The Morgan fingerprint density at radius 1 is 1.25 bits per heavy atom. The molecular formula is C6H10N2O4. The minimum absolute atomic E-state index is 0.613. The van der Waals surface area contributed by atoms with Gasteiger partial charge in [-0.3, -0.25) is 14.5 Å². The van der Waals surface area contributed by atoms with Gasteiger partial charge < -0.3 is 15.9 Å². The number of primary amides is 1. The number of amides is 2. The zero-order valence-electron chi connectivity index (χ0n) is 6.30. The average molecular weight is 174 g/mol. The summed E-state index contributed by atoms with van der Waals surface area (Å²) in [4.78, 5) is 21.7. The van der Waals surface area contributed by atoms with Crippen LogP contribution in [0.3, 0.4) is 0 Å². The number of hydrogen-bond donors (Lipinski definition) is 3. The quantitative estimate of drug-likeness (QED) is 0.331. The van der Waals surface area contributed by atoms with Crippen LogP contribution in [0.25, 0.3) is 0 Å². The Morgan fingerprint density at radius 2 is 1.75 bits per heavy atom. The van der Waals surface area contributed by atoms with Crippen LogP contribution >= 0.6 is 0 Å². The van der Waals surface area contributed by atoms with E-state index >= 15 is 0 Å². The second-order valence-corrected chi connectivity index (χ2v) is 1.90. The van der Waals surface area contributed by atoms with Crippen LogP contribution in [0.15, 0.2) is 12.2 Å². The largest absolute Gasteiger partial charge is 0.376 e. The molecule has 0 saturated carbocycles. The Hall–Kier alpha value is -1.40. The lowest BCUT2D eigenvalue weighted by Crippen LogP contribution is -2.31. The van der Waals surface area contributed by atoms with Crippen molar-refractivity contribution in [2.45, 2.75) is 0 Å². The Labute approximate surface area is 68.9 Å². The summed E-state index contributed by atoms with van der Waals surface area (Å²) in [5, 5.41) is 16.9. The summed E-state index contributed by atoms with van der Waals surface area (Å²) in [7, 11) is 0. The Balaban J connectivity index is 4.10. The van der Waals surface area contributed by atoms with Crippen LogP contribution in [0, 0.1) is 0 Å². The topological polar surface area (TPSA) is 104 Å². The number of aliphatic hydroxyl groups excluding tert-OH is 2. The van der Waals surface area contributed by atoms with Crippen molar-refractivity contribution >= 4 is 11.8 Å². The summed E-state index contributed by atoms with van der Waals surface area (Å²) in [5.41, 5.74) is 4.70. The first-order chi connectivity index (χ1) is 5.61. The molecule has 0 atom stereocenters. The van der Waals surface area contributed by atoms with Crippen LogP contribution in [0.5, 0.6) is 0 Å². The van der Waals surface area contributed by atoms with Crippen LogP contribution in [-0.4, -0.2) is 40.4 Å². The predicted molar refractivity (Wildman–Crippen MR) is 39.4 cm³/mol. The molecule has 0 unspecified atom stereocenters. The highest BCUT2D eigenvalue weighted by molar-refractivity contribution is 5.95. The molecule has 0 aliphatic rings. The number of aliphatic hydroxyl groups is 2. The summed E-state index contributed by atoms with van der Waals surface area (Å²) in [5.74, 6) is -1.45. The molecule has 0 spiro atoms. The van der Waals surface area contributed by atoms with Crippen molar-refractivity contribution in [3.05, 3.63) is 12.2 Å². The molecule has 4 N–H and O–H groups in total. The molecule has 12 heavy (non-hydrogen) atoms. The molecule has 0 aliphatic heterocycles. The van der Waals surface area contributed by atoms with Crippen LogP contribution in [0.2, 0.25) is 0 Å². The Morgan fingerprint density at radius 3 is 2.08 bits per heavy atom. The standard InChI is InChI=1S/C6H10N2O4/c7-5(11)1-2-6(12)8(3-9)4-10/h1-2,9-10H,3-4H2,(H2,7,11)/b2-1-. The molecule has 0 rings (SSSR count). The molecule has 0 fully saturated rings. The molecule has 0 saturated heterocycles. The Bertz CT molecular complexity index is 198. The third-order valence-electron chi connectivity index (χ3n) is 1.04. The van der Waals surface area contributed by atoms with E-state index in [0.717, 1.165) is 12.2 Å². The van der Waals surface area contributed by atoms with E-state index in [0.29, 0.717) is 4.90 Å². The minimum atomic E-state index is -0.765. The summed E-state index contributed by atoms with van der Waals surface area (Å²) in [6.07, 6.45) is 1.72. The lowest BCUT2D eigenvalue weighted by Gasteiger charge is -2.13. The first kappa shape index (κ1) is 10.6. The molecule has 0 heterocycles. The second-order valence-electron chi connectivity index (χ2n) is 1.90. The maximum Gasteiger partial charge on any atom is 0.250 e. The van der Waals surface area contributed by atoms with Gasteiger partial charge in [-0.15, -0.1) is 0 Å². The smallest absolute Gasteiger partial charge is 0.250 e. The zero-order valence-corrected chi connectivity index (χ0v) is 6.30. The summed E-state index contributed by atoms with van der Waals surface area (Å²) < 4.78 is 0. The van der Waals surface area contributed by atoms with Crippen molar-refractivity contribution in [3.8, 4) is 0 Å². The zero-order chi connectivity index (χ0) is 9.56. The fraction of sp³-hybridized carbons (Fsp3) is 0.333. The van der Waals surface area contributed by atoms with Crippen LogP contribution < -0.4 is 5.73 Å². The third kappa shape index (κ3) is 3.69. The molecule has 0 bridgehead atoms. The molecule has 0 aromatic heterocycles. The molecule has 2 amide bonds. The number of hydrogen-bond acceptors (Lipinski definition) is 4. The summed E-state index contributed by atoms with van der Waals surface area (Å²) >= 11 is 0. The second kappa shape index (κ2) is 5.28. The van der Waals surface area contributed by atoms with Crippen molar-refractivity contribution in [3.63, 3.8) is 0 Å². The van der Waals surface area contributed by atoms with E-state index in [1.54, 1.807) is 0 Å². The van der Waals surface area contributed by atoms with Gasteiger partial charge in [-0.25, -0.2) is 0 Å². The van der Waals surface area contributed by atoms with Gasteiger partial charge >= 0.3 is 0 Å². The third-order valence-corrected chi connectivity index (χ3v) is 1.04. The molecular weight excluding hydrogens is 164 g/mol. The first-order valence-corrected chi connectivity index (χ1v) is 3.10. The maximum absolute atomic E-state index is 10.8. The van der Waals surface area contributed by atoms with Gasteiger partial charge in [0.1, 0.15) is 13.5 Å². The molecule has 0 aliphatic carbocycles. The van der Waals surface area contributed by atoms with E-state index in [1.165, 1.54) is 0 Å². The Kier molecular flexibility index (Phi) is 4.66. The van der Waals surface area contributed by atoms with Gasteiger partial charge in [0.25, 0.3) is 0 Å². The van der Waals surface area contributed by atoms with Crippen molar-refractivity contribution < 1.29 is 19.8 Å². The van der Waals surface area contributed by atoms with E-state index in [1.807, 2.05) is 0 Å². The molecule has 0 aromatic carbocycles. The van der Waals surface area contributed by atoms with Crippen molar-refractivity contribution in [2.24, 2.45) is 5.73 Å². The van der Waals surface area contributed by atoms with E-state index in [4.69, 9.17) is 15.9 Å². The molecule has 68 valence electrons. The fourth-order valence-corrected chi connectivity index (χ4v) is 0.443. The van der Waals surface area contributed by atoms with Gasteiger partial charge in [-0.05, 0) is 0 Å². The maximum atomic E-state index is 10.8. The van der Waals surface area contributed by atoms with Crippen molar-refractivity contribution in [1.82, 2.24) is 4.90 Å². The number of rotatable bonds is 4. The highest BCUT2D eigenvalue weighted by Gasteiger charge is 2.06. The van der Waals surface area contributed by atoms with Crippen LogP contribution in [0.1, 0.15) is 0 Å². The van der Waals surface area contributed by atoms with E-state index in [2.05, 4.69) is 0 Å². The number of carbonyl (C=O) groups is 2. The lowest BCUT2D eigenvalue weighted by molar-refractivity contribution is -0.134. The molecule has 6 nitrogen and oxygen atoms in total. The van der Waals surface area contributed by atoms with Crippen molar-refractivity contribution in [2.75, 3.05) is 13.5 Å². The van der Waals surface area contributed by atoms with Gasteiger partial charge in [-0.1, -0.05) is 0 Å². The summed E-state index contributed by atoms with van der Waals surface area (Å²) in [6, 6.07) is 0.